The number of fused-ring (bicyclic) bond motifs is 1. The van der Waals surface area contributed by atoms with E-state index in [0.29, 0.717) is 5.92 Å². The lowest BCUT2D eigenvalue weighted by Gasteiger charge is -2.10. The second-order valence-electron chi connectivity index (χ2n) is 4.85. The van der Waals surface area contributed by atoms with Crippen LogP contribution in [0, 0.1) is 5.92 Å². The molecule has 1 aromatic carbocycles. The van der Waals surface area contributed by atoms with Gasteiger partial charge in [0.05, 0.1) is 0 Å². The van der Waals surface area contributed by atoms with Crippen molar-refractivity contribution >= 4 is 16.8 Å². The Morgan fingerprint density at radius 3 is 3.17 bits per heavy atom. The minimum absolute atomic E-state index is 0.0124. The number of H-pyrrole nitrogens is 1. The number of hydrogen-bond acceptors (Lipinski definition) is 2. The molecule has 1 fully saturated rings. The molecule has 2 aromatic rings. The Morgan fingerprint density at radius 2 is 2.33 bits per heavy atom. The lowest BCUT2D eigenvalue weighted by atomic mass is 10.1. The largest absolute Gasteiger partial charge is 0.361 e. The van der Waals surface area contributed by atoms with Gasteiger partial charge in [-0.25, -0.2) is 0 Å². The summed E-state index contributed by atoms with van der Waals surface area (Å²) in [5.41, 5.74) is 1.72. The van der Waals surface area contributed by atoms with E-state index in [1.165, 1.54) is 0 Å². The average Bonchev–Trinajstić information content (AvgIpc) is 3.05. The van der Waals surface area contributed by atoms with E-state index < -0.39 is 0 Å². The number of hydrogen-bond donors (Lipinski definition) is 3. The maximum atomic E-state index is 12.0. The third-order valence-corrected chi connectivity index (χ3v) is 3.53. The second kappa shape index (κ2) is 4.82. The van der Waals surface area contributed by atoms with E-state index in [1.54, 1.807) is 0 Å². The summed E-state index contributed by atoms with van der Waals surface area (Å²) in [6.45, 7) is 2.83. The quantitative estimate of drug-likeness (QED) is 0.765. The van der Waals surface area contributed by atoms with Gasteiger partial charge in [0, 0.05) is 23.8 Å². The fourth-order valence-electron chi connectivity index (χ4n) is 2.42. The highest BCUT2D eigenvalue weighted by molar-refractivity contribution is 5.97. The number of rotatable bonds is 3. The summed E-state index contributed by atoms with van der Waals surface area (Å²) in [4.78, 5) is 15.1. The van der Waals surface area contributed by atoms with Gasteiger partial charge in [-0.05, 0) is 49.0 Å². The van der Waals surface area contributed by atoms with E-state index in [0.717, 1.165) is 42.5 Å². The van der Waals surface area contributed by atoms with Crippen molar-refractivity contribution in [3.8, 4) is 0 Å². The number of benzene rings is 1. The molecule has 1 atom stereocenters. The number of carbonyl (C=O) groups is 1. The van der Waals surface area contributed by atoms with E-state index in [-0.39, 0.29) is 5.91 Å². The molecule has 0 saturated carbocycles. The molecule has 0 radical (unpaired) electrons. The van der Waals surface area contributed by atoms with E-state index in [2.05, 4.69) is 15.6 Å². The molecule has 3 N–H and O–H groups in total. The first-order valence-corrected chi connectivity index (χ1v) is 6.39. The Bertz CT molecular complexity index is 555. The van der Waals surface area contributed by atoms with Crippen LogP contribution in [0.5, 0.6) is 0 Å². The van der Waals surface area contributed by atoms with Gasteiger partial charge in [0.2, 0.25) is 0 Å². The third kappa shape index (κ3) is 2.24. The van der Waals surface area contributed by atoms with Crippen molar-refractivity contribution in [3.05, 3.63) is 36.0 Å². The molecule has 94 valence electrons. The van der Waals surface area contributed by atoms with Crippen molar-refractivity contribution in [2.24, 2.45) is 5.92 Å². The lowest BCUT2D eigenvalue weighted by Crippen LogP contribution is -2.30. The minimum atomic E-state index is 0.0124. The van der Waals surface area contributed by atoms with Crippen molar-refractivity contribution in [1.82, 2.24) is 15.6 Å². The van der Waals surface area contributed by atoms with Gasteiger partial charge >= 0.3 is 0 Å². The molecule has 1 aliphatic heterocycles. The number of nitrogens with one attached hydrogen (secondary N) is 3. The SMILES string of the molecule is O=C(NCC1CCNC1)c1ccc2cc[nH]c2c1. The lowest BCUT2D eigenvalue weighted by molar-refractivity contribution is 0.0948. The molecular formula is C14H17N3O. The van der Waals surface area contributed by atoms with Crippen LogP contribution in [-0.4, -0.2) is 30.5 Å². The summed E-state index contributed by atoms with van der Waals surface area (Å²) in [7, 11) is 0. The molecule has 3 rings (SSSR count). The smallest absolute Gasteiger partial charge is 0.251 e. The Labute approximate surface area is 106 Å². The van der Waals surface area contributed by atoms with Crippen LogP contribution in [0.15, 0.2) is 30.5 Å². The normalized spacial score (nSPS) is 19.2. The number of aromatic nitrogens is 1. The van der Waals surface area contributed by atoms with E-state index in [4.69, 9.17) is 0 Å². The van der Waals surface area contributed by atoms with E-state index in [9.17, 15) is 4.79 Å². The van der Waals surface area contributed by atoms with Crippen LogP contribution in [0.1, 0.15) is 16.8 Å². The van der Waals surface area contributed by atoms with Crippen molar-refractivity contribution in [2.45, 2.75) is 6.42 Å². The summed E-state index contributed by atoms with van der Waals surface area (Å²) in [6.07, 6.45) is 3.03. The maximum absolute atomic E-state index is 12.0. The van der Waals surface area contributed by atoms with Gasteiger partial charge in [-0.15, -0.1) is 0 Å². The molecule has 2 heterocycles. The summed E-state index contributed by atoms with van der Waals surface area (Å²) in [5.74, 6) is 0.585. The molecule has 0 bridgehead atoms. The first-order valence-electron chi connectivity index (χ1n) is 6.39. The Kier molecular flexibility index (Phi) is 3.02. The Balaban J connectivity index is 1.67. The number of amides is 1. The first kappa shape index (κ1) is 11.3. The Morgan fingerprint density at radius 1 is 1.39 bits per heavy atom. The molecule has 0 aliphatic carbocycles. The molecular weight excluding hydrogens is 226 g/mol. The zero-order valence-electron chi connectivity index (χ0n) is 10.2. The highest BCUT2D eigenvalue weighted by Gasteiger charge is 2.15. The molecule has 4 nitrogen and oxygen atoms in total. The molecule has 0 spiro atoms. The van der Waals surface area contributed by atoms with Gasteiger partial charge in [-0.1, -0.05) is 6.07 Å². The van der Waals surface area contributed by atoms with Crippen LogP contribution in [0.3, 0.4) is 0 Å². The van der Waals surface area contributed by atoms with Gasteiger partial charge in [-0.2, -0.15) is 0 Å². The molecule has 1 aromatic heterocycles. The van der Waals surface area contributed by atoms with Crippen LogP contribution in [0.2, 0.25) is 0 Å². The molecule has 1 amide bonds. The fourth-order valence-corrected chi connectivity index (χ4v) is 2.42. The summed E-state index contributed by atoms with van der Waals surface area (Å²) in [6, 6.07) is 7.75. The van der Waals surface area contributed by atoms with Crippen LogP contribution < -0.4 is 10.6 Å². The Hall–Kier alpha value is -1.81. The second-order valence-corrected chi connectivity index (χ2v) is 4.85. The molecule has 1 saturated heterocycles. The zero-order chi connectivity index (χ0) is 12.4. The van der Waals surface area contributed by atoms with Gasteiger partial charge in [0.15, 0.2) is 0 Å². The van der Waals surface area contributed by atoms with Crippen molar-refractivity contribution in [3.63, 3.8) is 0 Å². The van der Waals surface area contributed by atoms with Crippen molar-refractivity contribution in [2.75, 3.05) is 19.6 Å². The topological polar surface area (TPSA) is 56.9 Å². The number of carbonyl (C=O) groups excluding carboxylic acids is 1. The first-order chi connectivity index (χ1) is 8.83. The van der Waals surface area contributed by atoms with Crippen molar-refractivity contribution in [1.29, 1.82) is 0 Å². The number of aromatic amines is 1. The minimum Gasteiger partial charge on any atom is -0.361 e. The van der Waals surface area contributed by atoms with E-state index >= 15 is 0 Å². The summed E-state index contributed by atoms with van der Waals surface area (Å²) in [5, 5.41) is 7.44. The molecule has 4 heteroatoms. The molecule has 1 unspecified atom stereocenters. The average molecular weight is 243 g/mol. The van der Waals surface area contributed by atoms with Crippen LogP contribution in [-0.2, 0) is 0 Å². The highest BCUT2D eigenvalue weighted by atomic mass is 16.1. The standard InChI is InChI=1S/C14H17N3O/c18-14(17-9-10-3-5-15-8-10)12-2-1-11-4-6-16-13(11)7-12/h1-2,4,6-7,10,15-16H,3,5,8-9H2,(H,17,18). The van der Waals surface area contributed by atoms with E-state index in [1.807, 2.05) is 30.5 Å². The van der Waals surface area contributed by atoms with Crippen LogP contribution in [0.4, 0.5) is 0 Å². The predicted octanol–water partition coefficient (Wildman–Crippen LogP) is 1.51. The molecule has 18 heavy (non-hydrogen) atoms. The monoisotopic (exact) mass is 243 g/mol. The van der Waals surface area contributed by atoms with Gasteiger partial charge in [-0.3, -0.25) is 4.79 Å². The van der Waals surface area contributed by atoms with Crippen LogP contribution in [0.25, 0.3) is 10.9 Å². The highest BCUT2D eigenvalue weighted by Crippen LogP contribution is 2.14. The van der Waals surface area contributed by atoms with Gasteiger partial charge in [0.1, 0.15) is 0 Å². The maximum Gasteiger partial charge on any atom is 0.251 e. The third-order valence-electron chi connectivity index (χ3n) is 3.53. The summed E-state index contributed by atoms with van der Waals surface area (Å²) >= 11 is 0. The zero-order valence-corrected chi connectivity index (χ0v) is 10.2. The van der Waals surface area contributed by atoms with Gasteiger partial charge in [0.25, 0.3) is 5.91 Å². The predicted molar refractivity (Wildman–Crippen MR) is 71.6 cm³/mol. The fraction of sp³-hybridized carbons (Fsp3) is 0.357. The molecule has 1 aliphatic rings. The summed E-state index contributed by atoms with van der Waals surface area (Å²) < 4.78 is 0. The van der Waals surface area contributed by atoms with Gasteiger partial charge < -0.3 is 15.6 Å². The van der Waals surface area contributed by atoms with Crippen molar-refractivity contribution < 1.29 is 4.79 Å². The van der Waals surface area contributed by atoms with Crippen LogP contribution >= 0.6 is 0 Å².